The molecule has 0 fully saturated rings. The molecule has 0 saturated carbocycles. The molecule has 6 heteroatoms. The van der Waals surface area contributed by atoms with Gasteiger partial charge in [0, 0.05) is 43.7 Å². The number of aromatic nitrogens is 5. The summed E-state index contributed by atoms with van der Waals surface area (Å²) in [6, 6.07) is 61.1. The summed E-state index contributed by atoms with van der Waals surface area (Å²) in [6.07, 6.45) is 5.44. The van der Waals surface area contributed by atoms with Crippen LogP contribution in [0.2, 0.25) is 0 Å². The maximum Gasteiger partial charge on any atom is 0.268 e. The van der Waals surface area contributed by atoms with Gasteiger partial charge in [-0.05, 0) is 84.7 Å². The summed E-state index contributed by atoms with van der Waals surface area (Å²) in [6.45, 7) is 6.60. The Bertz CT molecular complexity index is 5130. The second kappa shape index (κ2) is 18.8. The van der Waals surface area contributed by atoms with Crippen molar-refractivity contribution in [3.8, 4) is 45.1 Å². The van der Waals surface area contributed by atoms with Gasteiger partial charge in [-0.15, -0.1) is 22.9 Å². The fourth-order valence-electron chi connectivity index (χ4n) is 10.8. The molecule has 4 heterocycles. The molecule has 4 aromatic heterocycles. The van der Waals surface area contributed by atoms with Crippen LogP contribution >= 0.6 is 0 Å². The van der Waals surface area contributed by atoms with E-state index < -0.39 is 60.4 Å². The molecule has 0 unspecified atom stereocenters. The summed E-state index contributed by atoms with van der Waals surface area (Å²) < 4.78 is 96.8. The van der Waals surface area contributed by atoms with E-state index in [0.717, 1.165) is 76.5 Å². The van der Waals surface area contributed by atoms with Crippen LogP contribution in [0.5, 0.6) is 0 Å². The molecule has 0 amide bonds. The third-order valence-electron chi connectivity index (χ3n) is 14.2. The zero-order valence-electron chi connectivity index (χ0n) is 51.4. The second-order valence-corrected chi connectivity index (χ2v) is 19.6. The number of rotatable bonds is 6. The van der Waals surface area contributed by atoms with Crippen molar-refractivity contribution in [2.24, 2.45) is 0 Å². The number of nitrogens with zero attached hydrogens (tertiary/aromatic N) is 5. The normalized spacial score (nSPS) is 13.6. The van der Waals surface area contributed by atoms with Gasteiger partial charge in [0.05, 0.1) is 30.4 Å². The Hall–Kier alpha value is -8.89. The van der Waals surface area contributed by atoms with E-state index in [1.807, 2.05) is 59.3 Å². The molecule has 14 rings (SSSR count). The summed E-state index contributed by atoms with van der Waals surface area (Å²) in [7, 11) is 0. The van der Waals surface area contributed by atoms with Gasteiger partial charge in [0.1, 0.15) is 5.82 Å². The van der Waals surface area contributed by atoms with E-state index in [2.05, 4.69) is 158 Å². The van der Waals surface area contributed by atoms with Crippen LogP contribution in [0.25, 0.3) is 121 Å². The molecule has 10 aromatic carbocycles. The van der Waals surface area contributed by atoms with Gasteiger partial charge in [0.15, 0.2) is 0 Å². The average molecular weight is 1170 g/mol. The largest absolute Gasteiger partial charge is 0.358 e. The molecule has 76 heavy (non-hydrogen) atoms. The SMILES string of the molecule is [2H]c1c([2H])c([2H])c(-c2cccc(-c3c([2H])c([2H])c([2H])c([2H])c3[2H])c2-[n+]2[c-]n(-c3[c-]c(-n4c5[c-]c6c(cc5c5ccccc5c5ccccc5c5ccccc54)c4ccccc4n6-c4cc(C(C)(C)C)ccn4)ccc3)c3ccccc32)c([2H])c1[2H].[Pt]. The molecule has 0 bridgehead atoms. The van der Waals surface area contributed by atoms with Crippen LogP contribution < -0.4 is 4.57 Å². The minimum atomic E-state index is -0.574. The van der Waals surface area contributed by atoms with E-state index in [0.29, 0.717) is 22.4 Å². The van der Waals surface area contributed by atoms with E-state index in [-0.39, 0.29) is 54.4 Å². The van der Waals surface area contributed by atoms with Crippen molar-refractivity contribution >= 4 is 76.2 Å². The predicted molar refractivity (Wildman–Crippen MR) is 310 cm³/mol. The second-order valence-electron chi connectivity index (χ2n) is 19.6. The van der Waals surface area contributed by atoms with Gasteiger partial charge in [-0.1, -0.05) is 231 Å². The molecule has 0 aliphatic rings. The first-order chi connectivity index (χ1) is 41.0. The molecule has 0 radical (unpaired) electrons. The smallest absolute Gasteiger partial charge is 0.268 e. The van der Waals surface area contributed by atoms with Crippen LogP contribution in [0, 0.1) is 18.5 Å². The Labute approximate surface area is 469 Å². The predicted octanol–water partition coefficient (Wildman–Crippen LogP) is 17.0. The van der Waals surface area contributed by atoms with E-state index >= 15 is 0 Å². The van der Waals surface area contributed by atoms with Crippen LogP contribution in [0.3, 0.4) is 0 Å². The molecule has 5 nitrogen and oxygen atoms in total. The molecule has 0 spiro atoms. The molecule has 0 saturated heterocycles. The van der Waals surface area contributed by atoms with Crippen molar-refractivity contribution in [1.29, 1.82) is 0 Å². The molecule has 0 N–H and O–H groups in total. The summed E-state index contributed by atoms with van der Waals surface area (Å²) in [5.41, 5.74) is 6.91. The summed E-state index contributed by atoms with van der Waals surface area (Å²) in [5, 5.41) is 8.07. The summed E-state index contributed by atoms with van der Waals surface area (Å²) >= 11 is 0. The fraction of sp³-hybridized carbons (Fsp3) is 0.0571. The first kappa shape index (κ1) is 36.9. The third kappa shape index (κ3) is 7.73. The summed E-state index contributed by atoms with van der Waals surface area (Å²) in [4.78, 5) is 5.04. The number of hydrogen-bond acceptors (Lipinski definition) is 1. The third-order valence-corrected chi connectivity index (χ3v) is 14.2. The molecule has 0 aliphatic carbocycles. The monoisotopic (exact) mass is 1160 g/mol. The van der Waals surface area contributed by atoms with Gasteiger partial charge in [0.2, 0.25) is 0 Å². The van der Waals surface area contributed by atoms with Crippen molar-refractivity contribution < 1.29 is 39.3 Å². The van der Waals surface area contributed by atoms with Gasteiger partial charge in [0.25, 0.3) is 6.33 Å². The van der Waals surface area contributed by atoms with Crippen LogP contribution in [-0.2, 0) is 26.5 Å². The zero-order chi connectivity index (χ0) is 58.9. The number of benzene rings is 10. The van der Waals surface area contributed by atoms with E-state index in [1.165, 1.54) is 0 Å². The van der Waals surface area contributed by atoms with Gasteiger partial charge in [-0.25, -0.2) is 4.98 Å². The minimum absolute atomic E-state index is 0. The maximum atomic E-state index is 9.23. The quantitative estimate of drug-likeness (QED) is 0.121. The van der Waals surface area contributed by atoms with Crippen LogP contribution in [0.15, 0.2) is 243 Å². The molecule has 14 aromatic rings. The first-order valence-electron chi connectivity index (χ1n) is 29.8. The van der Waals surface area contributed by atoms with Gasteiger partial charge >= 0.3 is 0 Å². The molecular formula is C70H49N5Pt-2. The Morgan fingerprint density at radius 3 is 1.58 bits per heavy atom. The van der Waals surface area contributed by atoms with Crippen molar-refractivity contribution in [3.05, 3.63) is 267 Å². The van der Waals surface area contributed by atoms with Crippen LogP contribution in [-0.4, -0.2) is 18.7 Å². The number of pyridine rings is 1. The van der Waals surface area contributed by atoms with E-state index in [9.17, 15) is 5.48 Å². The Morgan fingerprint density at radius 1 is 0.461 bits per heavy atom. The molecular weight excluding hydrogens is 1110 g/mol. The maximum absolute atomic E-state index is 9.23. The Kier molecular flexibility index (Phi) is 9.13. The Balaban J connectivity index is 0.00000686. The zero-order valence-corrected chi connectivity index (χ0v) is 43.6. The van der Waals surface area contributed by atoms with Crippen LogP contribution in [0.1, 0.15) is 40.0 Å². The Morgan fingerprint density at radius 2 is 0.947 bits per heavy atom. The van der Waals surface area contributed by atoms with E-state index in [4.69, 9.17) is 13.2 Å². The van der Waals surface area contributed by atoms with Crippen molar-refractivity contribution in [3.63, 3.8) is 0 Å². The molecule has 366 valence electrons. The van der Waals surface area contributed by atoms with Crippen LogP contribution in [0.4, 0.5) is 0 Å². The molecule has 0 aliphatic heterocycles. The fourth-order valence-corrected chi connectivity index (χ4v) is 10.8. The topological polar surface area (TPSA) is 31.6 Å². The minimum Gasteiger partial charge on any atom is -0.358 e. The number of fused-ring (bicyclic) bond motifs is 11. The van der Waals surface area contributed by atoms with Crippen molar-refractivity contribution in [1.82, 2.24) is 18.7 Å². The number of para-hydroxylation sites is 5. The van der Waals surface area contributed by atoms with Crippen molar-refractivity contribution in [2.45, 2.75) is 26.2 Å². The number of hydrogen-bond donors (Lipinski definition) is 0. The summed E-state index contributed by atoms with van der Waals surface area (Å²) in [5.74, 6) is 0.761. The van der Waals surface area contributed by atoms with Gasteiger partial charge < -0.3 is 13.7 Å². The standard InChI is InChI=1S/C70H49N5.Pt/c1-70(2,3)49-40-41-71-68(42-49)75-63-37-17-15-33-59(63)61-44-60-57-31-13-11-29-55(57)54-28-10-12-30-56(54)58-32-14-16-36-62(58)74(66(60)45-67(61)75)51-27-20-26-50(43-51)72-46-73(65-39-19-18-38-64(65)72)69-52(47-22-6-4-7-23-47)34-21-35-53(69)48-24-8-5-9-25-48;/h4-42,44H,1-3H3;/q-2;/i4D,5D,6D,7D,8D,9D,22D,23D,24D,25D;. The van der Waals surface area contributed by atoms with Crippen molar-refractivity contribution in [2.75, 3.05) is 0 Å². The number of imidazole rings is 1. The van der Waals surface area contributed by atoms with E-state index in [1.54, 1.807) is 22.8 Å². The average Bonchev–Trinajstić information content (AvgIpc) is 2.17. The molecule has 0 atom stereocenters. The van der Waals surface area contributed by atoms with Gasteiger partial charge in [-0.3, -0.25) is 4.57 Å². The first-order valence-corrected chi connectivity index (χ1v) is 24.8. The van der Waals surface area contributed by atoms with Gasteiger partial charge in [-0.2, -0.15) is 24.3 Å².